The van der Waals surface area contributed by atoms with Gasteiger partial charge in [-0.3, -0.25) is 5.41 Å². The number of aryl methyl sites for hydroxylation is 1. The van der Waals surface area contributed by atoms with Crippen molar-refractivity contribution in [2.75, 3.05) is 13.3 Å². The van der Waals surface area contributed by atoms with Crippen LogP contribution in [0, 0.1) is 5.41 Å². The van der Waals surface area contributed by atoms with Crippen molar-refractivity contribution < 1.29 is 9.13 Å². The molecule has 0 heterocycles. The molecule has 3 nitrogen and oxygen atoms in total. The lowest BCUT2D eigenvalue weighted by Gasteiger charge is -2.08. The van der Waals surface area contributed by atoms with Gasteiger partial charge in [-0.25, -0.2) is 4.39 Å². The van der Waals surface area contributed by atoms with Gasteiger partial charge >= 0.3 is 0 Å². The molecule has 0 unspecified atom stereocenters. The average Bonchev–Trinajstić information content (AvgIpc) is 2.27. The minimum absolute atomic E-state index is 0.0173. The molecule has 94 valence electrons. The maximum absolute atomic E-state index is 11.9. The second-order valence-corrected chi connectivity index (χ2v) is 4.09. The summed E-state index contributed by atoms with van der Waals surface area (Å²) in [4.78, 5) is 0. The molecule has 0 aliphatic heterocycles. The zero-order chi connectivity index (χ0) is 12.7. The number of nitrogens with one attached hydrogen (secondary N) is 1. The fourth-order valence-electron chi connectivity index (χ4n) is 1.45. The van der Waals surface area contributed by atoms with E-state index in [4.69, 9.17) is 27.5 Å². The molecule has 1 rings (SSSR count). The standard InChI is InChI=1S/C12H16ClFN2O/c13-10-8-9(2-1-3-12(15)16)4-5-11(10)17-7-6-14/h4-5,8H,1-3,6-7H2,(H3,15,16). The van der Waals surface area contributed by atoms with Crippen LogP contribution in [0.1, 0.15) is 18.4 Å². The second kappa shape index (κ2) is 7.12. The lowest BCUT2D eigenvalue weighted by Crippen LogP contribution is -2.09. The Morgan fingerprint density at radius 1 is 1.47 bits per heavy atom. The van der Waals surface area contributed by atoms with Crippen molar-refractivity contribution in [1.29, 1.82) is 5.41 Å². The maximum atomic E-state index is 11.9. The fraction of sp³-hybridized carbons (Fsp3) is 0.417. The van der Waals surface area contributed by atoms with Crippen LogP contribution in [-0.4, -0.2) is 19.1 Å². The van der Waals surface area contributed by atoms with Crippen LogP contribution in [0.4, 0.5) is 4.39 Å². The van der Waals surface area contributed by atoms with Crippen LogP contribution in [0.15, 0.2) is 18.2 Å². The number of amidine groups is 1. The van der Waals surface area contributed by atoms with Crippen LogP contribution in [0.25, 0.3) is 0 Å². The number of alkyl halides is 1. The fourth-order valence-corrected chi connectivity index (χ4v) is 1.71. The summed E-state index contributed by atoms with van der Waals surface area (Å²) in [6, 6.07) is 5.43. The molecule has 0 aromatic heterocycles. The van der Waals surface area contributed by atoms with Gasteiger partial charge in [0.05, 0.1) is 10.9 Å². The Labute approximate surface area is 105 Å². The first-order valence-corrected chi connectivity index (χ1v) is 5.81. The Balaban J connectivity index is 2.52. The van der Waals surface area contributed by atoms with Crippen molar-refractivity contribution in [1.82, 2.24) is 0 Å². The Bertz CT molecular complexity index is 385. The normalized spacial score (nSPS) is 10.2. The number of hydrogen-bond donors (Lipinski definition) is 2. The molecule has 0 radical (unpaired) electrons. The number of halogens is 2. The Morgan fingerprint density at radius 3 is 2.82 bits per heavy atom. The van der Waals surface area contributed by atoms with Crippen molar-refractivity contribution in [2.45, 2.75) is 19.3 Å². The third-order valence-electron chi connectivity index (χ3n) is 2.24. The molecule has 0 amide bonds. The minimum atomic E-state index is -0.531. The van der Waals surface area contributed by atoms with E-state index in [9.17, 15) is 4.39 Å². The zero-order valence-electron chi connectivity index (χ0n) is 9.51. The molecule has 3 N–H and O–H groups in total. The topological polar surface area (TPSA) is 59.1 Å². The molecule has 0 fully saturated rings. The average molecular weight is 259 g/mol. The molecule has 0 saturated carbocycles. The summed E-state index contributed by atoms with van der Waals surface area (Å²) >= 11 is 5.99. The molecule has 0 bridgehead atoms. The predicted molar refractivity (Wildman–Crippen MR) is 67.8 cm³/mol. The van der Waals surface area contributed by atoms with E-state index >= 15 is 0 Å². The van der Waals surface area contributed by atoms with E-state index in [1.807, 2.05) is 6.07 Å². The molecule has 0 saturated heterocycles. The van der Waals surface area contributed by atoms with Gasteiger partial charge in [0.1, 0.15) is 19.0 Å². The number of hydrogen-bond acceptors (Lipinski definition) is 2. The smallest absolute Gasteiger partial charge is 0.138 e. The molecule has 0 aliphatic rings. The van der Waals surface area contributed by atoms with Crippen LogP contribution < -0.4 is 10.5 Å². The lowest BCUT2D eigenvalue weighted by molar-refractivity contribution is 0.273. The first-order chi connectivity index (χ1) is 8.13. The monoisotopic (exact) mass is 258 g/mol. The third-order valence-corrected chi connectivity index (χ3v) is 2.54. The van der Waals surface area contributed by atoms with Crippen LogP contribution in [0.3, 0.4) is 0 Å². The van der Waals surface area contributed by atoms with E-state index < -0.39 is 6.67 Å². The van der Waals surface area contributed by atoms with Crippen molar-refractivity contribution in [3.8, 4) is 5.75 Å². The van der Waals surface area contributed by atoms with E-state index in [0.29, 0.717) is 17.2 Å². The molecular formula is C12H16ClFN2O. The molecular weight excluding hydrogens is 243 g/mol. The van der Waals surface area contributed by atoms with Gasteiger partial charge in [0, 0.05) is 6.42 Å². The molecule has 1 aromatic rings. The van der Waals surface area contributed by atoms with Gasteiger partial charge in [0.15, 0.2) is 0 Å². The highest BCUT2D eigenvalue weighted by molar-refractivity contribution is 6.32. The summed E-state index contributed by atoms with van der Waals surface area (Å²) < 4.78 is 17.1. The van der Waals surface area contributed by atoms with Crippen LogP contribution in [-0.2, 0) is 6.42 Å². The molecule has 1 aromatic carbocycles. The molecule has 0 aliphatic carbocycles. The summed E-state index contributed by atoms with van der Waals surface area (Å²) in [6.45, 7) is -0.514. The van der Waals surface area contributed by atoms with Gasteiger partial charge in [-0.1, -0.05) is 17.7 Å². The third kappa shape index (κ3) is 5.04. The number of benzene rings is 1. The number of ether oxygens (including phenoxy) is 1. The zero-order valence-corrected chi connectivity index (χ0v) is 10.3. The van der Waals surface area contributed by atoms with Gasteiger partial charge in [0.2, 0.25) is 0 Å². The van der Waals surface area contributed by atoms with Crippen molar-refractivity contribution >= 4 is 17.4 Å². The largest absolute Gasteiger partial charge is 0.489 e. The highest BCUT2D eigenvalue weighted by Gasteiger charge is 2.03. The van der Waals surface area contributed by atoms with Crippen molar-refractivity contribution in [3.63, 3.8) is 0 Å². The van der Waals surface area contributed by atoms with Gasteiger partial charge in [-0.05, 0) is 30.5 Å². The van der Waals surface area contributed by atoms with E-state index in [-0.39, 0.29) is 12.4 Å². The van der Waals surface area contributed by atoms with Gasteiger partial charge in [-0.2, -0.15) is 0 Å². The molecule has 17 heavy (non-hydrogen) atoms. The summed E-state index contributed by atoms with van der Waals surface area (Å²) in [6.07, 6.45) is 2.21. The lowest BCUT2D eigenvalue weighted by atomic mass is 10.1. The summed E-state index contributed by atoms with van der Waals surface area (Å²) in [5, 5.41) is 7.59. The Kier molecular flexibility index (Phi) is 5.77. The molecule has 0 atom stereocenters. The molecule has 5 heteroatoms. The Hall–Kier alpha value is -1.29. The van der Waals surface area contributed by atoms with Gasteiger partial charge in [0.25, 0.3) is 0 Å². The first-order valence-electron chi connectivity index (χ1n) is 5.43. The quantitative estimate of drug-likeness (QED) is 0.584. The summed E-state index contributed by atoms with van der Waals surface area (Å²) in [5.74, 6) is 0.693. The highest BCUT2D eigenvalue weighted by Crippen LogP contribution is 2.26. The van der Waals surface area contributed by atoms with Crippen molar-refractivity contribution in [2.24, 2.45) is 5.73 Å². The number of nitrogens with two attached hydrogens (primary N) is 1. The van der Waals surface area contributed by atoms with E-state index in [1.165, 1.54) is 0 Å². The maximum Gasteiger partial charge on any atom is 0.138 e. The van der Waals surface area contributed by atoms with Gasteiger partial charge in [-0.15, -0.1) is 0 Å². The van der Waals surface area contributed by atoms with Crippen molar-refractivity contribution in [3.05, 3.63) is 28.8 Å². The molecule has 0 spiro atoms. The van der Waals surface area contributed by atoms with Gasteiger partial charge < -0.3 is 10.5 Å². The van der Waals surface area contributed by atoms with Crippen LogP contribution in [0.2, 0.25) is 5.02 Å². The van der Waals surface area contributed by atoms with E-state index in [1.54, 1.807) is 12.1 Å². The van der Waals surface area contributed by atoms with Crippen LogP contribution >= 0.6 is 11.6 Å². The first kappa shape index (κ1) is 13.8. The predicted octanol–water partition coefficient (Wildman–Crippen LogP) is 2.95. The summed E-state index contributed by atoms with van der Waals surface area (Å²) in [7, 11) is 0. The van der Waals surface area contributed by atoms with E-state index in [0.717, 1.165) is 18.4 Å². The minimum Gasteiger partial charge on any atom is -0.489 e. The highest BCUT2D eigenvalue weighted by atomic mass is 35.5. The summed E-state index contributed by atoms with van der Waals surface area (Å²) in [5.41, 5.74) is 6.33. The van der Waals surface area contributed by atoms with Crippen LogP contribution in [0.5, 0.6) is 5.75 Å². The Morgan fingerprint density at radius 2 is 2.24 bits per heavy atom. The number of rotatable bonds is 7. The van der Waals surface area contributed by atoms with E-state index in [2.05, 4.69) is 0 Å². The SMILES string of the molecule is N=C(N)CCCc1ccc(OCCF)c(Cl)c1. The second-order valence-electron chi connectivity index (χ2n) is 3.68.